The molecule has 4 N–H and O–H groups in total. The molecular weight excluding hydrogens is 409 g/mol. The van der Waals surface area contributed by atoms with Gasteiger partial charge >= 0.3 is 17.6 Å². The lowest BCUT2D eigenvalue weighted by molar-refractivity contribution is -0.218. The fourth-order valence-electron chi connectivity index (χ4n) is 2.53. The molecule has 0 saturated carbocycles. The van der Waals surface area contributed by atoms with Gasteiger partial charge in [0, 0.05) is 12.3 Å². The van der Waals surface area contributed by atoms with Gasteiger partial charge in [0.05, 0.1) is 5.92 Å². The number of ether oxygens (including phenoxy) is 3. The molecule has 0 radical (unpaired) electrons. The second kappa shape index (κ2) is 9.04. The summed E-state index contributed by atoms with van der Waals surface area (Å²) in [6, 6.07) is -0.108. The Hall–Kier alpha value is -2.61. The minimum absolute atomic E-state index is 0.486. The molecule has 0 aliphatic carbocycles. The van der Waals surface area contributed by atoms with Crippen molar-refractivity contribution < 1.29 is 38.4 Å². The van der Waals surface area contributed by atoms with Crippen molar-refractivity contribution in [2.24, 2.45) is 11.7 Å². The highest BCUT2D eigenvalue weighted by molar-refractivity contribution is 5.74. The summed E-state index contributed by atoms with van der Waals surface area (Å²) in [6.07, 6.45) is -4.94. The molecule has 1 aromatic heterocycles. The predicted molar refractivity (Wildman–Crippen MR) is 96.5 cm³/mol. The monoisotopic (exact) mass is 433 g/mol. The Morgan fingerprint density at radius 2 is 1.90 bits per heavy atom. The van der Waals surface area contributed by atoms with Crippen LogP contribution in [0.2, 0.25) is 0 Å². The highest BCUT2D eigenvalue weighted by atomic mass is 19.2. The fourth-order valence-corrected chi connectivity index (χ4v) is 2.53. The molecule has 13 heteroatoms. The van der Waals surface area contributed by atoms with Gasteiger partial charge < -0.3 is 30.2 Å². The molecular formula is C17H24FN3O9. The highest BCUT2D eigenvalue weighted by Crippen LogP contribution is 2.38. The molecule has 1 aliphatic heterocycles. The van der Waals surface area contributed by atoms with Crippen LogP contribution in [0.4, 0.5) is 4.39 Å². The highest BCUT2D eigenvalue weighted by Gasteiger charge is 2.57. The van der Waals surface area contributed by atoms with Gasteiger partial charge in [-0.3, -0.25) is 19.0 Å². The maximum atomic E-state index is 15.0. The Kier molecular flexibility index (Phi) is 7.13. The summed E-state index contributed by atoms with van der Waals surface area (Å²) >= 11 is 0. The Balaban J connectivity index is 2.27. The largest absolute Gasteiger partial charge is 0.459 e. The molecule has 2 rings (SSSR count). The van der Waals surface area contributed by atoms with E-state index in [2.05, 4.69) is 0 Å². The summed E-state index contributed by atoms with van der Waals surface area (Å²) in [5.74, 6) is -5.21. The van der Waals surface area contributed by atoms with Gasteiger partial charge in [0.15, 0.2) is 19.6 Å². The van der Waals surface area contributed by atoms with E-state index in [1.807, 2.05) is 0 Å². The van der Waals surface area contributed by atoms with E-state index in [0.29, 0.717) is 9.13 Å². The number of esters is 2. The number of alkyl halides is 1. The van der Waals surface area contributed by atoms with E-state index >= 15 is 0 Å². The van der Waals surface area contributed by atoms with E-state index in [-0.39, 0.29) is 0 Å². The zero-order valence-corrected chi connectivity index (χ0v) is 16.6. The normalized spacial score (nSPS) is 27.1. The number of aliphatic hydroxyl groups is 2. The molecule has 1 aliphatic rings. The molecule has 12 nitrogen and oxygen atoms in total. The van der Waals surface area contributed by atoms with Crippen LogP contribution >= 0.6 is 0 Å². The summed E-state index contributed by atoms with van der Waals surface area (Å²) < 4.78 is 30.6. The third-order valence-electron chi connectivity index (χ3n) is 4.33. The number of rotatable bonds is 7. The quantitative estimate of drug-likeness (QED) is 0.407. The Bertz CT molecular complexity index is 912. The van der Waals surface area contributed by atoms with E-state index in [0.717, 1.165) is 12.3 Å². The first-order chi connectivity index (χ1) is 13.9. The van der Waals surface area contributed by atoms with E-state index in [9.17, 15) is 33.8 Å². The standard InChI is InChI=1S/C17H24FN3O9/c1-8(2)14(25)28-6-17(18)12(24)11(23)13(30-17)20-5-4-10(22)21(16(20)27)7-29-15(26)9(3)19/h4-5,8-9,11-13,23-24H,6-7,19H2,1-3H3/t9-,11+,12-,13+,17+/m0/s1. The molecule has 30 heavy (non-hydrogen) atoms. The van der Waals surface area contributed by atoms with Crippen molar-refractivity contribution in [3.05, 3.63) is 33.1 Å². The number of nitrogens with two attached hydrogens (primary N) is 1. The van der Waals surface area contributed by atoms with Gasteiger partial charge in [0.1, 0.15) is 18.2 Å². The van der Waals surface area contributed by atoms with E-state index < -0.39 is 72.8 Å². The number of nitrogens with zero attached hydrogens (tertiary/aromatic N) is 2. The number of hydrogen-bond acceptors (Lipinski definition) is 10. The van der Waals surface area contributed by atoms with Gasteiger partial charge in [-0.1, -0.05) is 13.8 Å². The van der Waals surface area contributed by atoms with Gasteiger partial charge in [-0.05, 0) is 6.92 Å². The predicted octanol–water partition coefficient (Wildman–Crippen LogP) is -2.03. The number of carbonyl (C=O) groups excluding carboxylic acids is 2. The number of hydrogen-bond donors (Lipinski definition) is 3. The maximum absolute atomic E-state index is 15.0. The first-order valence-corrected chi connectivity index (χ1v) is 9.02. The minimum atomic E-state index is -3.00. The second-order valence-electron chi connectivity index (χ2n) is 7.15. The lowest BCUT2D eigenvalue weighted by atomic mass is 10.1. The first kappa shape index (κ1) is 23.7. The number of aromatic nitrogens is 2. The zero-order chi connectivity index (χ0) is 22.8. The lowest BCUT2D eigenvalue weighted by Crippen LogP contribution is -2.44. The van der Waals surface area contributed by atoms with Crippen LogP contribution in [0, 0.1) is 5.92 Å². The third-order valence-corrected chi connectivity index (χ3v) is 4.33. The van der Waals surface area contributed by atoms with Gasteiger partial charge in [-0.2, -0.15) is 0 Å². The third kappa shape index (κ3) is 4.75. The Morgan fingerprint density at radius 3 is 2.47 bits per heavy atom. The fraction of sp³-hybridized carbons (Fsp3) is 0.647. The number of carbonyl (C=O) groups is 2. The Labute approximate surface area is 169 Å². The van der Waals surface area contributed by atoms with Crippen LogP contribution < -0.4 is 17.0 Å². The molecule has 0 unspecified atom stereocenters. The molecule has 5 atom stereocenters. The molecule has 2 heterocycles. The number of halogens is 1. The van der Waals surface area contributed by atoms with Crippen molar-refractivity contribution in [3.63, 3.8) is 0 Å². The summed E-state index contributed by atoms with van der Waals surface area (Å²) in [5, 5.41) is 20.2. The minimum Gasteiger partial charge on any atom is -0.459 e. The molecule has 0 spiro atoms. The molecule has 1 fully saturated rings. The van der Waals surface area contributed by atoms with Crippen molar-refractivity contribution in [1.29, 1.82) is 0 Å². The number of aliphatic hydroxyl groups excluding tert-OH is 2. The summed E-state index contributed by atoms with van der Waals surface area (Å²) in [7, 11) is 0. The van der Waals surface area contributed by atoms with E-state index in [1.54, 1.807) is 0 Å². The molecule has 168 valence electrons. The maximum Gasteiger partial charge on any atom is 0.335 e. The van der Waals surface area contributed by atoms with Gasteiger partial charge in [-0.25, -0.2) is 13.8 Å². The van der Waals surface area contributed by atoms with Crippen LogP contribution in [0.1, 0.15) is 27.0 Å². The average molecular weight is 433 g/mol. The summed E-state index contributed by atoms with van der Waals surface area (Å²) in [4.78, 5) is 47.6. The SMILES string of the molecule is CC(C)C(=O)OC[C@@]1(F)O[C@@H](n2ccc(=O)n(COC(=O)[C@H](C)N)c2=O)[C@H](O)[C@@H]1O. The van der Waals surface area contributed by atoms with Crippen molar-refractivity contribution >= 4 is 11.9 Å². The van der Waals surface area contributed by atoms with Crippen molar-refractivity contribution in [2.75, 3.05) is 6.61 Å². The van der Waals surface area contributed by atoms with E-state index in [4.69, 9.17) is 19.9 Å². The average Bonchev–Trinajstić information content (AvgIpc) is 2.90. The molecule has 0 bridgehead atoms. The van der Waals surface area contributed by atoms with Crippen LogP contribution in [-0.4, -0.2) is 62.0 Å². The van der Waals surface area contributed by atoms with Gasteiger partial charge in [0.2, 0.25) is 0 Å². The van der Waals surface area contributed by atoms with Gasteiger partial charge in [0.25, 0.3) is 11.4 Å². The van der Waals surface area contributed by atoms with Crippen LogP contribution in [0.3, 0.4) is 0 Å². The second-order valence-corrected chi connectivity index (χ2v) is 7.15. The van der Waals surface area contributed by atoms with Crippen LogP contribution in [0.15, 0.2) is 21.9 Å². The Morgan fingerprint density at radius 1 is 1.27 bits per heavy atom. The van der Waals surface area contributed by atoms with Gasteiger partial charge in [-0.15, -0.1) is 0 Å². The molecule has 1 aromatic rings. The van der Waals surface area contributed by atoms with Crippen LogP contribution in [0.25, 0.3) is 0 Å². The van der Waals surface area contributed by atoms with Crippen LogP contribution in [0.5, 0.6) is 0 Å². The molecule has 1 saturated heterocycles. The topological polar surface area (TPSA) is 172 Å². The van der Waals surface area contributed by atoms with E-state index in [1.165, 1.54) is 20.8 Å². The summed E-state index contributed by atoms with van der Waals surface area (Å²) in [6.45, 7) is 2.55. The summed E-state index contributed by atoms with van der Waals surface area (Å²) in [5.41, 5.74) is 3.37. The van der Waals surface area contributed by atoms with Crippen molar-refractivity contribution in [3.8, 4) is 0 Å². The lowest BCUT2D eigenvalue weighted by Gasteiger charge is -2.23. The molecule has 0 aromatic carbocycles. The first-order valence-electron chi connectivity index (χ1n) is 9.02. The van der Waals surface area contributed by atoms with Crippen molar-refractivity contribution in [2.45, 2.75) is 57.8 Å². The smallest absolute Gasteiger partial charge is 0.335 e. The van der Waals surface area contributed by atoms with Crippen molar-refractivity contribution in [1.82, 2.24) is 9.13 Å². The zero-order valence-electron chi connectivity index (χ0n) is 16.6. The molecule has 0 amide bonds. The van der Waals surface area contributed by atoms with Crippen LogP contribution in [-0.2, 0) is 30.5 Å².